The number of fused-ring (bicyclic) bond motifs is 3. The van der Waals surface area contributed by atoms with E-state index in [9.17, 15) is 38.4 Å². The number of halogens is 1. The van der Waals surface area contributed by atoms with Crippen LogP contribution < -0.4 is 30.7 Å². The van der Waals surface area contributed by atoms with Gasteiger partial charge in [0, 0.05) is 36.6 Å². The second kappa shape index (κ2) is 17.1. The predicted octanol–water partition coefficient (Wildman–Crippen LogP) is 2.24. The Hall–Kier alpha value is -8.12. The van der Waals surface area contributed by atoms with Crippen LogP contribution in [0.1, 0.15) is 58.4 Å². The number of nitrogens with zero attached hydrogens (tertiary/aromatic N) is 4. The number of carbonyl (C=O) groups is 8. The topological polar surface area (TPSA) is 265 Å². The monoisotopic (exact) mass is 920 g/mol. The first-order valence-electron chi connectivity index (χ1n) is 18.5. The molecule has 5 aliphatic heterocycles. The number of aromatic nitrogens is 2. The van der Waals surface area contributed by atoms with Gasteiger partial charge in [-0.1, -0.05) is 18.1 Å². The smallest absolute Gasteiger partial charge is 0.363 e. The molecule has 2 saturated heterocycles. The van der Waals surface area contributed by atoms with Crippen molar-refractivity contribution in [1.29, 1.82) is 0 Å². The van der Waals surface area contributed by atoms with E-state index in [0.29, 0.717) is 39.2 Å². The first-order chi connectivity index (χ1) is 30.1. The van der Waals surface area contributed by atoms with E-state index < -0.39 is 46.9 Å². The number of hydrogen-bond acceptors (Lipinski definition) is 13. The van der Waals surface area contributed by atoms with E-state index in [2.05, 4.69) is 53.1 Å². The van der Waals surface area contributed by atoms with Crippen molar-refractivity contribution in [3.05, 3.63) is 123 Å². The molecule has 2 fully saturated rings. The van der Waals surface area contributed by atoms with Gasteiger partial charge in [-0.05, 0) is 81.7 Å². The summed E-state index contributed by atoms with van der Waals surface area (Å²) in [5.74, 6) is -0.000712. The zero-order valence-corrected chi connectivity index (χ0v) is 34.6. The summed E-state index contributed by atoms with van der Waals surface area (Å²) < 4.78 is 16.1. The van der Waals surface area contributed by atoms with Crippen LogP contribution in [0.3, 0.4) is 0 Å². The molecule has 2 atom stereocenters. The lowest BCUT2D eigenvalue weighted by Crippen LogP contribution is -2.54. The normalized spacial score (nSPS) is 20.7. The number of nitrogens with one attached hydrogen (secondary N) is 4. The molecule has 63 heavy (non-hydrogen) atoms. The first kappa shape index (κ1) is 43.0. The van der Waals surface area contributed by atoms with Gasteiger partial charge in [-0.15, -0.1) is 6.42 Å². The van der Waals surface area contributed by atoms with Crippen LogP contribution in [0.5, 0.6) is 11.5 Å². The number of imide groups is 2. The van der Waals surface area contributed by atoms with Crippen molar-refractivity contribution in [3.63, 3.8) is 0 Å². The van der Waals surface area contributed by atoms with Crippen LogP contribution in [0, 0.1) is 12.3 Å². The van der Waals surface area contributed by atoms with E-state index in [4.69, 9.17) is 25.7 Å². The Morgan fingerprint density at radius 2 is 1.40 bits per heavy atom. The van der Waals surface area contributed by atoms with E-state index in [-0.39, 0.29) is 48.6 Å². The Bertz CT molecular complexity index is 2740. The number of carboxylic acids is 1. The molecule has 0 radical (unpaired) electrons. The van der Waals surface area contributed by atoms with Crippen molar-refractivity contribution < 1.29 is 57.7 Å². The van der Waals surface area contributed by atoms with Crippen LogP contribution in [0.15, 0.2) is 83.6 Å². The minimum absolute atomic E-state index is 0.0440. The Morgan fingerprint density at radius 3 is 1.90 bits per heavy atom. The van der Waals surface area contributed by atoms with E-state index in [1.807, 2.05) is 0 Å². The largest absolute Gasteiger partial charge is 0.497 e. The number of benzene rings is 2. The number of pyridine rings is 2. The fourth-order valence-corrected chi connectivity index (χ4v) is 7.56. The third kappa shape index (κ3) is 8.34. The number of carboxylic acid groups (broad SMARTS) is 1. The highest BCUT2D eigenvalue weighted by molar-refractivity contribution is 9.10. The van der Waals surface area contributed by atoms with Gasteiger partial charge in [0.2, 0.25) is 0 Å². The van der Waals surface area contributed by atoms with Crippen molar-refractivity contribution in [2.24, 2.45) is 0 Å². The number of terminal acetylenes is 1. The minimum atomic E-state index is -1.62. The molecule has 20 nitrogen and oxygen atoms in total. The number of amides is 8. The molecule has 0 spiro atoms. The van der Waals surface area contributed by atoms with E-state index in [0.717, 1.165) is 11.1 Å². The van der Waals surface area contributed by atoms with Crippen molar-refractivity contribution >= 4 is 69.3 Å². The van der Waals surface area contributed by atoms with Crippen LogP contribution in [0.4, 0.5) is 9.59 Å². The number of carbonyl (C=O) groups excluding carboxylic acids is 7. The number of aromatic carboxylic acids is 1. The molecule has 4 aromatic rings. The molecule has 0 bridgehead atoms. The highest BCUT2D eigenvalue weighted by Gasteiger charge is 2.50. The maximum absolute atomic E-state index is 13.0. The third-order valence-electron chi connectivity index (χ3n) is 10.2. The summed E-state index contributed by atoms with van der Waals surface area (Å²) in [6.07, 6.45) is 9.66. The summed E-state index contributed by atoms with van der Waals surface area (Å²) in [7, 11) is 3.03. The van der Waals surface area contributed by atoms with Gasteiger partial charge >= 0.3 is 24.0 Å². The van der Waals surface area contributed by atoms with E-state index in [1.54, 1.807) is 60.7 Å². The Balaban J connectivity index is 0.000000161. The molecule has 21 heteroatoms. The molecule has 8 amide bonds. The summed E-state index contributed by atoms with van der Waals surface area (Å²) in [4.78, 5) is 106. The SMILES string of the molecule is C#C[C@]1(CN2Cc3ccc(OC)cc3C2=O)NC(=O)NC1=O.COc1ccc2c(c1)C(=O)N(C[C@@]1(/C=C3/OC(=O)c4ncccc43)NC(=O)NC1=O)C2.O=C(O)c1ncccc1Br. The molecular formula is C42H33BrN8O12. The number of rotatable bonds is 8. The fourth-order valence-electron chi connectivity index (χ4n) is 7.14. The van der Waals surface area contributed by atoms with Crippen molar-refractivity contribution in [2.75, 3.05) is 27.3 Å². The molecular weight excluding hydrogens is 888 g/mol. The summed E-state index contributed by atoms with van der Waals surface area (Å²) in [6.45, 7) is 0.336. The highest BCUT2D eigenvalue weighted by atomic mass is 79.9. The molecule has 9 rings (SSSR count). The molecule has 2 aromatic heterocycles. The minimum Gasteiger partial charge on any atom is -0.497 e. The summed E-state index contributed by atoms with van der Waals surface area (Å²) in [5.41, 5.74) is -0.00696. The Labute approximate surface area is 365 Å². The molecule has 5 N–H and O–H groups in total. The van der Waals surface area contributed by atoms with Gasteiger partial charge in [0.15, 0.2) is 22.5 Å². The number of cyclic esters (lactones) is 1. The number of urea groups is 2. The van der Waals surface area contributed by atoms with Gasteiger partial charge < -0.3 is 39.8 Å². The number of ether oxygens (including phenoxy) is 3. The zero-order valence-electron chi connectivity index (χ0n) is 33.0. The lowest BCUT2D eigenvalue weighted by atomic mass is 9.96. The average molecular weight is 922 g/mol. The summed E-state index contributed by atoms with van der Waals surface area (Å²) in [6, 6.07) is 15.6. The summed E-state index contributed by atoms with van der Waals surface area (Å²) >= 11 is 3.05. The van der Waals surface area contributed by atoms with Crippen LogP contribution in [-0.4, -0.2) is 111 Å². The van der Waals surface area contributed by atoms with E-state index in [1.165, 1.54) is 42.5 Å². The Morgan fingerprint density at radius 1 is 0.825 bits per heavy atom. The Kier molecular flexibility index (Phi) is 11.7. The summed E-state index contributed by atoms with van der Waals surface area (Å²) in [5, 5.41) is 17.8. The van der Waals surface area contributed by atoms with Crippen LogP contribution in [0.2, 0.25) is 0 Å². The maximum Gasteiger partial charge on any atom is 0.363 e. The molecule has 0 aliphatic carbocycles. The van der Waals surface area contributed by atoms with Gasteiger partial charge in [-0.3, -0.25) is 29.8 Å². The third-order valence-corrected chi connectivity index (χ3v) is 10.9. The van der Waals surface area contributed by atoms with Crippen molar-refractivity contribution in [2.45, 2.75) is 24.2 Å². The molecule has 2 aromatic carbocycles. The second-order valence-electron chi connectivity index (χ2n) is 14.1. The van der Waals surface area contributed by atoms with Gasteiger partial charge in [-0.25, -0.2) is 29.1 Å². The maximum atomic E-state index is 13.0. The predicted molar refractivity (Wildman–Crippen MR) is 220 cm³/mol. The van der Waals surface area contributed by atoms with Gasteiger partial charge in [0.25, 0.3) is 23.6 Å². The first-order valence-corrected chi connectivity index (χ1v) is 19.3. The lowest BCUT2D eigenvalue weighted by Gasteiger charge is -2.28. The van der Waals surface area contributed by atoms with Crippen LogP contribution >= 0.6 is 15.9 Å². The molecule has 5 aliphatic rings. The number of hydrogen-bond donors (Lipinski definition) is 5. The molecule has 7 heterocycles. The van der Waals surface area contributed by atoms with Crippen LogP contribution in [0.25, 0.3) is 5.76 Å². The van der Waals surface area contributed by atoms with Gasteiger partial charge in [-0.2, -0.15) is 0 Å². The highest BCUT2D eigenvalue weighted by Crippen LogP contribution is 2.34. The average Bonchev–Trinajstić information content (AvgIpc) is 4.02. The van der Waals surface area contributed by atoms with Crippen molar-refractivity contribution in [1.82, 2.24) is 41.0 Å². The molecule has 0 saturated carbocycles. The number of esters is 1. The lowest BCUT2D eigenvalue weighted by molar-refractivity contribution is -0.123. The standard InChI is InChI=1S/C21H16N4O6.C15H13N3O4.C6H4BrNO2/c1-30-12-5-4-11-9-25(17(26)14(11)7-12)10-21(19(28)23-20(29)24-21)8-15-13-3-2-6-22-16(13)18(27)31-15;1-3-15(13(20)16-14(21)17-15)8-18-7-9-4-5-10(22-2)6-11(9)12(18)19;7-4-2-1-3-8-5(4)6(9)10/h2-8H,9-10H2,1H3,(H2,23,24,28,29);1,4-6H,7-8H2,2H3,(H2,16,17,20,21);1-3H,(H,9,10)/b15-8+;;/t21-;15-;/m11./s1. The zero-order chi connectivity index (χ0) is 45.2. The molecule has 0 unspecified atom stereocenters. The van der Waals surface area contributed by atoms with Gasteiger partial charge in [0.1, 0.15) is 17.3 Å². The molecule has 320 valence electrons. The number of methoxy groups -OCH3 is 2. The second-order valence-corrected chi connectivity index (χ2v) is 15.0. The van der Waals surface area contributed by atoms with Crippen LogP contribution in [-0.2, 0) is 27.4 Å². The van der Waals surface area contributed by atoms with Gasteiger partial charge in [0.05, 0.1) is 37.3 Å². The fraction of sp³-hybridized carbons (Fsp3) is 0.190. The van der Waals surface area contributed by atoms with Crippen molar-refractivity contribution in [3.8, 4) is 23.8 Å². The van der Waals surface area contributed by atoms with E-state index >= 15 is 0 Å². The quantitative estimate of drug-likeness (QED) is 0.0965.